The number of thiophene rings is 1. The van der Waals surface area contributed by atoms with E-state index < -0.39 is 8.07 Å². The predicted octanol–water partition coefficient (Wildman–Crippen LogP) is 10.5. The molecule has 10 aromatic rings. The Morgan fingerprint density at radius 1 is 0.552 bits per heavy atom. The van der Waals surface area contributed by atoms with Gasteiger partial charge in [0.1, 0.15) is 11.6 Å². The lowest BCUT2D eigenvalue weighted by Gasteiger charge is -2.41. The van der Waals surface area contributed by atoms with Crippen molar-refractivity contribution in [1.82, 2.24) is 14.5 Å². The van der Waals surface area contributed by atoms with Crippen LogP contribution in [0.4, 0.5) is 17.2 Å². The fourth-order valence-corrected chi connectivity index (χ4v) is 15.5. The number of imidazole rings is 1. The molecule has 6 heteroatoms. The van der Waals surface area contributed by atoms with Crippen molar-refractivity contribution in [3.8, 4) is 11.4 Å². The van der Waals surface area contributed by atoms with E-state index >= 15 is 0 Å². The van der Waals surface area contributed by atoms with Gasteiger partial charge in [0, 0.05) is 55.6 Å². The third-order valence-electron chi connectivity index (χ3n) is 12.4. The summed E-state index contributed by atoms with van der Waals surface area (Å²) in [5.41, 5.74) is 7.79. The van der Waals surface area contributed by atoms with Crippen LogP contribution in [0.5, 0.6) is 0 Å². The zero-order chi connectivity index (χ0) is 39.0. The van der Waals surface area contributed by atoms with Crippen molar-refractivity contribution in [3.05, 3.63) is 199 Å². The predicted molar refractivity (Wildman–Crippen MR) is 247 cm³/mol. The molecule has 0 saturated carbocycles. The van der Waals surface area contributed by atoms with Gasteiger partial charge in [0.15, 0.2) is 8.07 Å². The minimum atomic E-state index is -2.98. The molecule has 1 aliphatic rings. The minimum Gasteiger partial charge on any atom is -0.327 e. The first-order chi connectivity index (χ1) is 28.4. The third-order valence-corrected chi connectivity index (χ3v) is 18.3. The molecule has 11 rings (SSSR count). The maximum absolute atomic E-state index is 5.17. The minimum absolute atomic E-state index is 0.250. The molecule has 0 fully saturated rings. The number of anilines is 3. The number of hydrogen-bond donors (Lipinski definition) is 0. The van der Waals surface area contributed by atoms with Crippen molar-refractivity contribution in [1.29, 1.82) is 0 Å². The van der Waals surface area contributed by atoms with E-state index in [1.54, 1.807) is 0 Å². The SMILES string of the molecule is Cn1c(-c2cccc([Si](c3ccccc3)(c3ccccc3)c3cccc(N4c5cc6c(cc5C(C)(C)c5cccnc54)sc4ccccc46)c3)c2)nc2ccccc21. The Kier molecular flexibility index (Phi) is 7.90. The Morgan fingerprint density at radius 2 is 1.22 bits per heavy atom. The summed E-state index contributed by atoms with van der Waals surface area (Å²) < 4.78 is 4.84. The number of aromatic nitrogens is 3. The van der Waals surface area contributed by atoms with Crippen molar-refractivity contribution < 1.29 is 0 Å². The monoisotopic (exact) mass is 780 g/mol. The number of benzene rings is 7. The molecule has 0 radical (unpaired) electrons. The molecule has 3 aromatic heterocycles. The summed E-state index contributed by atoms with van der Waals surface area (Å²) in [5, 5.41) is 7.83. The van der Waals surface area contributed by atoms with Crippen molar-refractivity contribution in [2.24, 2.45) is 7.05 Å². The smallest absolute Gasteiger partial charge is 0.179 e. The number of para-hydroxylation sites is 2. The Hall–Kier alpha value is -6.60. The first kappa shape index (κ1) is 34.6. The van der Waals surface area contributed by atoms with E-state index in [1.165, 1.54) is 57.7 Å². The van der Waals surface area contributed by atoms with Crippen LogP contribution in [0.3, 0.4) is 0 Å². The van der Waals surface area contributed by atoms with Crippen LogP contribution >= 0.6 is 11.3 Å². The van der Waals surface area contributed by atoms with Gasteiger partial charge in [0.2, 0.25) is 0 Å². The molecule has 1 aliphatic heterocycles. The highest BCUT2D eigenvalue weighted by Gasteiger charge is 2.43. The zero-order valence-corrected chi connectivity index (χ0v) is 34.4. The van der Waals surface area contributed by atoms with Crippen LogP contribution < -0.4 is 25.6 Å². The lowest BCUT2D eigenvalue weighted by atomic mass is 9.74. The lowest BCUT2D eigenvalue weighted by Crippen LogP contribution is -2.74. The van der Waals surface area contributed by atoms with Crippen LogP contribution in [0, 0.1) is 0 Å². The number of pyridine rings is 1. The molecular formula is C52H40N4SSi. The van der Waals surface area contributed by atoms with Gasteiger partial charge < -0.3 is 4.57 Å². The maximum Gasteiger partial charge on any atom is 0.179 e. The van der Waals surface area contributed by atoms with Crippen molar-refractivity contribution in [3.63, 3.8) is 0 Å². The summed E-state index contributed by atoms with van der Waals surface area (Å²) in [6, 6.07) is 67.3. The molecule has 7 aromatic carbocycles. The Labute approximate surface area is 343 Å². The molecular weight excluding hydrogens is 741 g/mol. The second kappa shape index (κ2) is 13.2. The van der Waals surface area contributed by atoms with Crippen LogP contribution in [0.15, 0.2) is 188 Å². The fourth-order valence-electron chi connectivity index (χ4n) is 9.58. The van der Waals surface area contributed by atoms with Gasteiger partial charge in [-0.1, -0.05) is 147 Å². The van der Waals surface area contributed by atoms with Gasteiger partial charge in [-0.15, -0.1) is 11.3 Å². The fraction of sp³-hybridized carbons (Fsp3) is 0.0769. The number of rotatable bonds is 6. The Bertz CT molecular complexity index is 3140. The third kappa shape index (κ3) is 5.12. The number of fused-ring (bicyclic) bond motifs is 6. The van der Waals surface area contributed by atoms with Gasteiger partial charge in [-0.2, -0.15) is 0 Å². The molecule has 0 unspecified atom stereocenters. The first-order valence-corrected chi connectivity index (χ1v) is 22.7. The molecule has 4 nitrogen and oxygen atoms in total. The molecule has 0 saturated heterocycles. The van der Waals surface area contributed by atoms with Gasteiger partial charge in [-0.3, -0.25) is 4.90 Å². The molecule has 0 atom stereocenters. The second-order valence-electron chi connectivity index (χ2n) is 15.9. The maximum atomic E-state index is 5.17. The highest BCUT2D eigenvalue weighted by Crippen LogP contribution is 2.53. The summed E-state index contributed by atoms with van der Waals surface area (Å²) >= 11 is 1.88. The van der Waals surface area contributed by atoms with E-state index in [0.717, 1.165) is 33.9 Å². The van der Waals surface area contributed by atoms with E-state index in [0.29, 0.717) is 0 Å². The summed E-state index contributed by atoms with van der Waals surface area (Å²) in [6.07, 6.45) is 1.94. The van der Waals surface area contributed by atoms with Crippen molar-refractivity contribution >= 4 is 88.6 Å². The van der Waals surface area contributed by atoms with E-state index in [1.807, 2.05) is 17.5 Å². The van der Waals surface area contributed by atoms with E-state index in [2.05, 4.69) is 212 Å². The van der Waals surface area contributed by atoms with E-state index in [4.69, 9.17) is 9.97 Å². The van der Waals surface area contributed by atoms with Gasteiger partial charge in [-0.25, -0.2) is 9.97 Å². The number of aryl methyl sites for hydroxylation is 1. The van der Waals surface area contributed by atoms with E-state index in [9.17, 15) is 0 Å². The standard InChI is InChI=1S/C52H40N4SSi/c1-52(2)43-26-16-30-53-51(43)56(47-33-42-41-25-10-13-29-48(41)57-49(42)34-44(47)52)36-18-15-24-40(32-36)58(37-19-6-4-7-20-37,38-21-8-5-9-22-38)39-23-14-17-35(31-39)50-54-45-27-11-12-28-46(45)55(50)3/h4-34H,1-3H3. The molecule has 58 heavy (non-hydrogen) atoms. The molecule has 0 amide bonds. The van der Waals surface area contributed by atoms with E-state index in [-0.39, 0.29) is 5.41 Å². The Balaban J connectivity index is 1.18. The summed E-state index contributed by atoms with van der Waals surface area (Å²) in [4.78, 5) is 12.8. The average Bonchev–Trinajstić information content (AvgIpc) is 3.81. The molecule has 278 valence electrons. The normalized spacial score (nSPS) is 13.5. The number of nitrogens with zero attached hydrogens (tertiary/aromatic N) is 4. The van der Waals surface area contributed by atoms with Gasteiger partial charge in [0.05, 0.1) is 16.7 Å². The highest BCUT2D eigenvalue weighted by atomic mass is 32.1. The van der Waals surface area contributed by atoms with Crippen molar-refractivity contribution in [2.45, 2.75) is 19.3 Å². The molecule has 4 heterocycles. The molecule has 0 bridgehead atoms. The average molecular weight is 781 g/mol. The summed E-state index contributed by atoms with van der Waals surface area (Å²) in [5.74, 6) is 1.94. The van der Waals surface area contributed by atoms with Crippen LogP contribution in [-0.4, -0.2) is 22.6 Å². The topological polar surface area (TPSA) is 34.0 Å². The van der Waals surface area contributed by atoms with Crippen LogP contribution in [0.25, 0.3) is 42.6 Å². The Morgan fingerprint density at radius 3 is 2.00 bits per heavy atom. The zero-order valence-electron chi connectivity index (χ0n) is 32.6. The van der Waals surface area contributed by atoms with Gasteiger partial charge in [0.25, 0.3) is 0 Å². The van der Waals surface area contributed by atoms with Gasteiger partial charge in [-0.05, 0) is 74.8 Å². The summed E-state index contributed by atoms with van der Waals surface area (Å²) in [6.45, 7) is 4.69. The van der Waals surface area contributed by atoms with Crippen molar-refractivity contribution in [2.75, 3.05) is 4.90 Å². The quantitative estimate of drug-likeness (QED) is 0.125. The lowest BCUT2D eigenvalue weighted by molar-refractivity contribution is 0.628. The van der Waals surface area contributed by atoms with Crippen LogP contribution in [0.1, 0.15) is 25.0 Å². The highest BCUT2D eigenvalue weighted by molar-refractivity contribution is 7.25. The molecule has 0 aliphatic carbocycles. The molecule has 0 spiro atoms. The second-order valence-corrected chi connectivity index (χ2v) is 20.8. The van der Waals surface area contributed by atoms with Crippen LogP contribution in [-0.2, 0) is 12.5 Å². The van der Waals surface area contributed by atoms with Crippen LogP contribution in [0.2, 0.25) is 0 Å². The van der Waals surface area contributed by atoms with Gasteiger partial charge >= 0.3 is 0 Å². The first-order valence-electron chi connectivity index (χ1n) is 19.9. The number of hydrogen-bond acceptors (Lipinski definition) is 4. The summed E-state index contributed by atoms with van der Waals surface area (Å²) in [7, 11) is -0.857. The molecule has 0 N–H and O–H groups in total. The largest absolute Gasteiger partial charge is 0.327 e.